The van der Waals surface area contributed by atoms with E-state index in [1.54, 1.807) is 11.3 Å². The molecule has 0 amide bonds. The average molecular weight is 325 g/mol. The molecule has 0 atom stereocenters. The smallest absolute Gasteiger partial charge is 0.0361 e. The third kappa shape index (κ3) is 3.57. The lowest BCUT2D eigenvalue weighted by Gasteiger charge is -2.12. The highest BCUT2D eigenvalue weighted by Crippen LogP contribution is 2.22. The molecule has 1 aromatic heterocycles. The highest BCUT2D eigenvalue weighted by Gasteiger charge is 2.01. The number of hydrogen-bond acceptors (Lipinski definition) is 3. The number of halogens is 1. The standard InChI is InChI=1S/C14H17BrN2S/c1-17(2)12-5-3-11(4-6-12)9-16-10-14-13(15)7-8-18-14/h3-8,16H,9-10H2,1-2H3. The van der Waals surface area contributed by atoms with Crippen LogP contribution in [0.4, 0.5) is 5.69 Å². The van der Waals surface area contributed by atoms with Crippen molar-refractivity contribution in [2.24, 2.45) is 0 Å². The fourth-order valence-electron chi connectivity index (χ4n) is 1.68. The summed E-state index contributed by atoms with van der Waals surface area (Å²) in [5.41, 5.74) is 2.55. The summed E-state index contributed by atoms with van der Waals surface area (Å²) >= 11 is 5.32. The Kier molecular flexibility index (Phi) is 4.80. The van der Waals surface area contributed by atoms with Crippen molar-refractivity contribution in [1.82, 2.24) is 5.32 Å². The van der Waals surface area contributed by atoms with E-state index in [2.05, 4.69) is 76.0 Å². The fraction of sp³-hybridized carbons (Fsp3) is 0.286. The zero-order valence-electron chi connectivity index (χ0n) is 10.6. The molecule has 0 aliphatic heterocycles. The summed E-state index contributed by atoms with van der Waals surface area (Å²) in [5, 5.41) is 5.56. The second-order valence-electron chi connectivity index (χ2n) is 4.36. The number of nitrogens with zero attached hydrogens (tertiary/aromatic N) is 1. The SMILES string of the molecule is CN(C)c1ccc(CNCc2sccc2Br)cc1. The Bertz CT molecular complexity index is 491. The molecule has 0 spiro atoms. The molecule has 18 heavy (non-hydrogen) atoms. The highest BCUT2D eigenvalue weighted by atomic mass is 79.9. The molecule has 0 aliphatic carbocycles. The molecule has 1 N–H and O–H groups in total. The summed E-state index contributed by atoms with van der Waals surface area (Å²) in [4.78, 5) is 3.46. The van der Waals surface area contributed by atoms with Gasteiger partial charge in [0.15, 0.2) is 0 Å². The first-order valence-corrected chi connectivity index (χ1v) is 7.53. The molecule has 96 valence electrons. The predicted octanol–water partition coefficient (Wildman–Crippen LogP) is 3.87. The Balaban J connectivity index is 1.85. The van der Waals surface area contributed by atoms with Gasteiger partial charge < -0.3 is 10.2 Å². The molecule has 0 saturated carbocycles. The zero-order chi connectivity index (χ0) is 13.0. The Morgan fingerprint density at radius 3 is 2.39 bits per heavy atom. The molecular formula is C14H17BrN2S. The largest absolute Gasteiger partial charge is 0.378 e. The average Bonchev–Trinajstić information content (AvgIpc) is 2.76. The van der Waals surface area contributed by atoms with E-state index in [9.17, 15) is 0 Å². The van der Waals surface area contributed by atoms with Gasteiger partial charge in [0.25, 0.3) is 0 Å². The molecule has 4 heteroatoms. The van der Waals surface area contributed by atoms with Gasteiger partial charge in [-0.2, -0.15) is 0 Å². The van der Waals surface area contributed by atoms with Crippen LogP contribution >= 0.6 is 27.3 Å². The number of benzene rings is 1. The first-order valence-electron chi connectivity index (χ1n) is 5.85. The summed E-state index contributed by atoms with van der Waals surface area (Å²) in [6.45, 7) is 1.81. The van der Waals surface area contributed by atoms with Crippen molar-refractivity contribution in [3.63, 3.8) is 0 Å². The van der Waals surface area contributed by atoms with Gasteiger partial charge in [-0.05, 0) is 45.1 Å². The Morgan fingerprint density at radius 2 is 1.83 bits per heavy atom. The molecule has 0 bridgehead atoms. The van der Waals surface area contributed by atoms with Crippen LogP contribution in [0.5, 0.6) is 0 Å². The van der Waals surface area contributed by atoms with E-state index in [4.69, 9.17) is 0 Å². The third-order valence-electron chi connectivity index (χ3n) is 2.76. The minimum atomic E-state index is 0.901. The van der Waals surface area contributed by atoms with Gasteiger partial charge in [0.05, 0.1) is 0 Å². The van der Waals surface area contributed by atoms with E-state index in [0.29, 0.717) is 0 Å². The van der Waals surface area contributed by atoms with Crippen molar-refractivity contribution < 1.29 is 0 Å². The quantitative estimate of drug-likeness (QED) is 0.898. The third-order valence-corrected chi connectivity index (χ3v) is 4.68. The monoisotopic (exact) mass is 324 g/mol. The minimum Gasteiger partial charge on any atom is -0.378 e. The summed E-state index contributed by atoms with van der Waals surface area (Å²) in [6, 6.07) is 10.7. The van der Waals surface area contributed by atoms with Crippen LogP contribution in [0.1, 0.15) is 10.4 Å². The van der Waals surface area contributed by atoms with E-state index in [-0.39, 0.29) is 0 Å². The first kappa shape index (κ1) is 13.6. The maximum atomic E-state index is 3.54. The Labute approximate surface area is 121 Å². The molecule has 1 aromatic carbocycles. The van der Waals surface area contributed by atoms with E-state index >= 15 is 0 Å². The molecule has 1 heterocycles. The normalized spacial score (nSPS) is 10.6. The molecule has 0 fully saturated rings. The van der Waals surface area contributed by atoms with Crippen molar-refractivity contribution in [2.75, 3.05) is 19.0 Å². The molecular weight excluding hydrogens is 308 g/mol. The number of rotatable bonds is 5. The van der Waals surface area contributed by atoms with E-state index < -0.39 is 0 Å². The van der Waals surface area contributed by atoms with Gasteiger partial charge in [0, 0.05) is 42.2 Å². The Morgan fingerprint density at radius 1 is 1.11 bits per heavy atom. The number of hydrogen-bond donors (Lipinski definition) is 1. The fourth-order valence-corrected chi connectivity index (χ4v) is 3.15. The molecule has 0 radical (unpaired) electrons. The van der Waals surface area contributed by atoms with Crippen molar-refractivity contribution in [2.45, 2.75) is 13.1 Å². The lowest BCUT2D eigenvalue weighted by atomic mass is 10.2. The van der Waals surface area contributed by atoms with Crippen LogP contribution in [-0.2, 0) is 13.1 Å². The maximum absolute atomic E-state index is 3.54. The molecule has 2 rings (SSSR count). The molecule has 0 aliphatic rings. The summed E-state index contributed by atoms with van der Waals surface area (Å²) < 4.78 is 1.20. The van der Waals surface area contributed by atoms with Gasteiger partial charge in [-0.3, -0.25) is 0 Å². The highest BCUT2D eigenvalue weighted by molar-refractivity contribution is 9.10. The van der Waals surface area contributed by atoms with E-state index in [0.717, 1.165) is 13.1 Å². The van der Waals surface area contributed by atoms with Gasteiger partial charge in [0.1, 0.15) is 0 Å². The van der Waals surface area contributed by atoms with Crippen LogP contribution < -0.4 is 10.2 Å². The molecule has 2 nitrogen and oxygen atoms in total. The van der Waals surface area contributed by atoms with Crippen molar-refractivity contribution in [3.8, 4) is 0 Å². The maximum Gasteiger partial charge on any atom is 0.0361 e. The van der Waals surface area contributed by atoms with Crippen LogP contribution in [-0.4, -0.2) is 14.1 Å². The van der Waals surface area contributed by atoms with Gasteiger partial charge in [-0.15, -0.1) is 11.3 Å². The lowest BCUT2D eigenvalue weighted by Crippen LogP contribution is -2.12. The lowest BCUT2D eigenvalue weighted by molar-refractivity contribution is 0.699. The Hall–Kier alpha value is -0.840. The second kappa shape index (κ2) is 6.36. The molecule has 0 unspecified atom stereocenters. The zero-order valence-corrected chi connectivity index (χ0v) is 13.0. The summed E-state index contributed by atoms with van der Waals surface area (Å²) in [6.07, 6.45) is 0. The van der Waals surface area contributed by atoms with Crippen LogP contribution in [0, 0.1) is 0 Å². The predicted molar refractivity (Wildman–Crippen MR) is 83.3 cm³/mol. The summed E-state index contributed by atoms with van der Waals surface area (Å²) in [5.74, 6) is 0. The van der Waals surface area contributed by atoms with Gasteiger partial charge >= 0.3 is 0 Å². The summed E-state index contributed by atoms with van der Waals surface area (Å²) in [7, 11) is 4.11. The molecule has 0 saturated heterocycles. The van der Waals surface area contributed by atoms with Gasteiger partial charge in [0.2, 0.25) is 0 Å². The van der Waals surface area contributed by atoms with Crippen molar-refractivity contribution in [3.05, 3.63) is 50.6 Å². The van der Waals surface area contributed by atoms with E-state index in [1.807, 2.05) is 0 Å². The minimum absolute atomic E-state index is 0.901. The van der Waals surface area contributed by atoms with Crippen LogP contribution in [0.3, 0.4) is 0 Å². The second-order valence-corrected chi connectivity index (χ2v) is 6.21. The first-order chi connectivity index (χ1) is 8.66. The van der Waals surface area contributed by atoms with Crippen LogP contribution in [0.2, 0.25) is 0 Å². The number of anilines is 1. The van der Waals surface area contributed by atoms with Crippen LogP contribution in [0.25, 0.3) is 0 Å². The van der Waals surface area contributed by atoms with Crippen molar-refractivity contribution >= 4 is 33.0 Å². The van der Waals surface area contributed by atoms with Gasteiger partial charge in [-0.25, -0.2) is 0 Å². The number of nitrogens with one attached hydrogen (secondary N) is 1. The van der Waals surface area contributed by atoms with Gasteiger partial charge in [-0.1, -0.05) is 12.1 Å². The molecule has 2 aromatic rings. The van der Waals surface area contributed by atoms with E-state index in [1.165, 1.54) is 20.6 Å². The topological polar surface area (TPSA) is 15.3 Å². The van der Waals surface area contributed by atoms with Crippen LogP contribution in [0.15, 0.2) is 40.2 Å². The van der Waals surface area contributed by atoms with Crippen molar-refractivity contribution in [1.29, 1.82) is 0 Å². The number of thiophene rings is 1.